The number of carbonyl (C=O) groups excluding carboxylic acids is 1. The molecule has 1 amide bonds. The molecule has 1 N–H and O–H groups in total. The molecule has 1 aromatic rings. The molecule has 24 heavy (non-hydrogen) atoms. The fourth-order valence-corrected chi connectivity index (χ4v) is 4.46. The van der Waals surface area contributed by atoms with Gasteiger partial charge >= 0.3 is 0 Å². The average Bonchev–Trinajstić information content (AvgIpc) is 3.16. The van der Waals surface area contributed by atoms with E-state index in [-0.39, 0.29) is 24.1 Å². The zero-order valence-electron chi connectivity index (χ0n) is 14.5. The van der Waals surface area contributed by atoms with E-state index >= 15 is 0 Å². The lowest BCUT2D eigenvalue weighted by atomic mass is 9.84. The second-order valence-corrected chi connectivity index (χ2v) is 7.35. The summed E-state index contributed by atoms with van der Waals surface area (Å²) in [7, 11) is 0. The number of nitrogens with one attached hydrogen (secondary N) is 1. The number of hydrogen-bond acceptors (Lipinski definition) is 4. The number of carbonyl (C=O) groups is 1. The summed E-state index contributed by atoms with van der Waals surface area (Å²) in [6, 6.07) is 2.03. The van der Waals surface area contributed by atoms with Crippen molar-refractivity contribution in [2.75, 3.05) is 0 Å². The first-order valence-corrected chi connectivity index (χ1v) is 8.68. The Kier molecular flexibility index (Phi) is 4.44. The summed E-state index contributed by atoms with van der Waals surface area (Å²) in [5.41, 5.74) is 0.745. The van der Waals surface area contributed by atoms with Gasteiger partial charge in [-0.05, 0) is 63.4 Å². The predicted molar refractivity (Wildman–Crippen MR) is 89.2 cm³/mol. The Morgan fingerprint density at radius 3 is 2.75 bits per heavy atom. The van der Waals surface area contributed by atoms with E-state index in [0.717, 1.165) is 16.5 Å². The average molecular weight is 328 g/mol. The van der Waals surface area contributed by atoms with E-state index in [4.69, 9.17) is 5.26 Å². The lowest BCUT2D eigenvalue weighted by Gasteiger charge is -2.28. The van der Waals surface area contributed by atoms with Crippen molar-refractivity contribution in [3.8, 4) is 6.07 Å². The lowest BCUT2D eigenvalue weighted by Crippen LogP contribution is -2.43. The van der Waals surface area contributed by atoms with E-state index in [1.165, 1.54) is 25.7 Å². The van der Waals surface area contributed by atoms with Crippen LogP contribution >= 0.6 is 0 Å². The van der Waals surface area contributed by atoms with E-state index in [9.17, 15) is 9.59 Å². The van der Waals surface area contributed by atoms with Crippen LogP contribution in [0.25, 0.3) is 0 Å². The Bertz CT molecular complexity index is 762. The summed E-state index contributed by atoms with van der Waals surface area (Å²) >= 11 is 0. The molecule has 6 nitrogen and oxygen atoms in total. The van der Waals surface area contributed by atoms with Crippen LogP contribution in [-0.2, 0) is 11.3 Å². The Morgan fingerprint density at radius 2 is 2.17 bits per heavy atom. The van der Waals surface area contributed by atoms with Gasteiger partial charge < -0.3 is 5.32 Å². The van der Waals surface area contributed by atoms with Crippen molar-refractivity contribution in [1.82, 2.24) is 15.1 Å². The minimum atomic E-state index is -0.497. The molecule has 0 spiro atoms. The Balaban J connectivity index is 1.68. The highest BCUT2D eigenvalue weighted by atomic mass is 16.2. The zero-order chi connectivity index (χ0) is 17.4. The number of nitrogens with zero attached hydrogens (tertiary/aromatic N) is 3. The third-order valence-corrected chi connectivity index (χ3v) is 5.87. The molecule has 4 atom stereocenters. The minimum absolute atomic E-state index is 0.0662. The van der Waals surface area contributed by atoms with Crippen molar-refractivity contribution in [3.05, 3.63) is 27.2 Å². The third-order valence-electron chi connectivity index (χ3n) is 5.87. The first kappa shape index (κ1) is 16.7. The van der Waals surface area contributed by atoms with Gasteiger partial charge in [0.2, 0.25) is 5.91 Å². The number of rotatable bonds is 4. The highest BCUT2D eigenvalue weighted by Crippen LogP contribution is 2.49. The van der Waals surface area contributed by atoms with Gasteiger partial charge in [-0.25, -0.2) is 4.68 Å². The fraction of sp³-hybridized carbons (Fsp3) is 0.667. The number of nitriles is 1. The maximum absolute atomic E-state index is 12.3. The van der Waals surface area contributed by atoms with E-state index < -0.39 is 5.56 Å². The van der Waals surface area contributed by atoms with Crippen molar-refractivity contribution in [2.45, 2.75) is 59.0 Å². The summed E-state index contributed by atoms with van der Waals surface area (Å²) in [5, 5.41) is 16.3. The number of amides is 1. The summed E-state index contributed by atoms with van der Waals surface area (Å²) in [5.74, 6) is 1.90. The highest BCUT2D eigenvalue weighted by molar-refractivity contribution is 5.76. The van der Waals surface area contributed by atoms with Crippen LogP contribution in [0.2, 0.25) is 0 Å². The first-order valence-electron chi connectivity index (χ1n) is 8.68. The molecule has 2 bridgehead atoms. The van der Waals surface area contributed by atoms with Crippen molar-refractivity contribution in [2.24, 2.45) is 17.8 Å². The van der Waals surface area contributed by atoms with Crippen LogP contribution in [0.15, 0.2) is 4.79 Å². The molecule has 2 saturated carbocycles. The van der Waals surface area contributed by atoms with Gasteiger partial charge in [-0.15, -0.1) is 0 Å². The van der Waals surface area contributed by atoms with Crippen LogP contribution in [-0.4, -0.2) is 21.7 Å². The number of aromatic nitrogens is 2. The molecule has 2 aliphatic carbocycles. The zero-order valence-corrected chi connectivity index (χ0v) is 14.5. The smallest absolute Gasteiger partial charge is 0.285 e. The number of fused-ring (bicyclic) bond motifs is 2. The van der Waals surface area contributed by atoms with E-state index in [1.54, 1.807) is 13.8 Å². The Labute approximate surface area is 141 Å². The minimum Gasteiger partial charge on any atom is -0.352 e. The van der Waals surface area contributed by atoms with Gasteiger partial charge in [0.05, 0.1) is 5.69 Å². The van der Waals surface area contributed by atoms with Crippen molar-refractivity contribution in [3.63, 3.8) is 0 Å². The topological polar surface area (TPSA) is 87.8 Å². The molecule has 0 aromatic carbocycles. The van der Waals surface area contributed by atoms with Crippen LogP contribution in [0.3, 0.4) is 0 Å². The van der Waals surface area contributed by atoms with Crippen LogP contribution in [0.4, 0.5) is 0 Å². The van der Waals surface area contributed by atoms with Gasteiger partial charge in [0.15, 0.2) is 0 Å². The fourth-order valence-electron chi connectivity index (χ4n) is 4.46. The maximum atomic E-state index is 12.3. The molecule has 6 heteroatoms. The summed E-state index contributed by atoms with van der Waals surface area (Å²) < 4.78 is 1.10. The van der Waals surface area contributed by atoms with Crippen molar-refractivity contribution < 1.29 is 4.79 Å². The molecule has 0 radical (unpaired) electrons. The van der Waals surface area contributed by atoms with Crippen LogP contribution in [0.1, 0.15) is 49.4 Å². The monoisotopic (exact) mass is 328 g/mol. The van der Waals surface area contributed by atoms with Gasteiger partial charge in [-0.1, -0.05) is 6.42 Å². The van der Waals surface area contributed by atoms with Crippen molar-refractivity contribution >= 4 is 5.91 Å². The molecule has 128 valence electrons. The standard InChI is InChI=1S/C18H24N4O2/c1-10-11(2)21-22(18(24)16(10)8-19)9-17(23)20-12(3)15-7-13-4-5-14(15)6-13/h12-15H,4-7,9H2,1-3H3,(H,20,23)/t12-,13+,14+,15-/m1/s1. The van der Waals surface area contributed by atoms with Gasteiger partial charge in [-0.3, -0.25) is 9.59 Å². The van der Waals surface area contributed by atoms with Crippen LogP contribution < -0.4 is 10.9 Å². The second-order valence-electron chi connectivity index (χ2n) is 7.35. The molecule has 0 aliphatic heterocycles. The van der Waals surface area contributed by atoms with Crippen LogP contribution in [0, 0.1) is 42.9 Å². The molecule has 0 unspecified atom stereocenters. The molecule has 2 aliphatic rings. The van der Waals surface area contributed by atoms with E-state index in [0.29, 0.717) is 17.2 Å². The molecule has 1 heterocycles. The van der Waals surface area contributed by atoms with Crippen LogP contribution in [0.5, 0.6) is 0 Å². The molecule has 1 aromatic heterocycles. The molecule has 2 fully saturated rings. The predicted octanol–water partition coefficient (Wildman–Crippen LogP) is 1.67. The van der Waals surface area contributed by atoms with Gasteiger partial charge in [0.25, 0.3) is 5.56 Å². The molecular weight excluding hydrogens is 304 g/mol. The molecule has 3 rings (SSSR count). The van der Waals surface area contributed by atoms with E-state index in [2.05, 4.69) is 17.3 Å². The first-order chi connectivity index (χ1) is 11.4. The quantitative estimate of drug-likeness (QED) is 0.911. The summed E-state index contributed by atoms with van der Waals surface area (Å²) in [4.78, 5) is 24.6. The molecule has 0 saturated heterocycles. The number of aryl methyl sites for hydroxylation is 1. The summed E-state index contributed by atoms with van der Waals surface area (Å²) in [6.07, 6.45) is 5.11. The van der Waals surface area contributed by atoms with Gasteiger partial charge in [0, 0.05) is 6.04 Å². The summed E-state index contributed by atoms with van der Waals surface area (Å²) in [6.45, 7) is 5.35. The Hall–Kier alpha value is -2.16. The van der Waals surface area contributed by atoms with Gasteiger partial charge in [0.1, 0.15) is 18.2 Å². The normalized spacial score (nSPS) is 26.2. The largest absolute Gasteiger partial charge is 0.352 e. The third kappa shape index (κ3) is 2.95. The van der Waals surface area contributed by atoms with Gasteiger partial charge in [-0.2, -0.15) is 10.4 Å². The molecular formula is C18H24N4O2. The Morgan fingerprint density at radius 1 is 1.42 bits per heavy atom. The van der Waals surface area contributed by atoms with Crippen molar-refractivity contribution in [1.29, 1.82) is 5.26 Å². The maximum Gasteiger partial charge on any atom is 0.285 e. The lowest BCUT2D eigenvalue weighted by molar-refractivity contribution is -0.123. The highest BCUT2D eigenvalue weighted by Gasteiger charge is 2.42. The SMILES string of the molecule is Cc1nn(CC(=O)N[C@H](C)[C@H]2C[C@H]3CC[C@H]2C3)c(=O)c(C#N)c1C. The second kappa shape index (κ2) is 6.39. The van der Waals surface area contributed by atoms with E-state index in [1.807, 2.05) is 6.07 Å². The number of hydrogen-bond donors (Lipinski definition) is 1.